The Bertz CT molecular complexity index is 220. The van der Waals surface area contributed by atoms with Gasteiger partial charge in [0.15, 0.2) is 0 Å². The minimum absolute atomic E-state index is 0.651. The first-order chi connectivity index (χ1) is 8.43. The summed E-state index contributed by atoms with van der Waals surface area (Å²) < 4.78 is 11.1. The van der Waals surface area contributed by atoms with Crippen LogP contribution in [0.25, 0.3) is 0 Å². The zero-order valence-corrected chi connectivity index (χ0v) is 10.7. The number of hydrogen-bond acceptors (Lipinski definition) is 3. The summed E-state index contributed by atoms with van der Waals surface area (Å²) >= 11 is 0. The molecule has 98 valence electrons. The van der Waals surface area contributed by atoms with Crippen LogP contribution in [-0.2, 0) is 9.47 Å². The van der Waals surface area contributed by atoms with Crippen LogP contribution in [0.3, 0.4) is 0 Å². The average molecular weight is 239 g/mol. The molecule has 1 aliphatic heterocycles. The van der Waals surface area contributed by atoms with E-state index in [1.807, 2.05) is 0 Å². The Labute approximate surface area is 104 Å². The molecule has 2 saturated carbocycles. The molecule has 0 bridgehead atoms. The first-order valence-electron chi connectivity index (χ1n) is 7.32. The maximum Gasteiger partial charge on any atom is 0.0591 e. The van der Waals surface area contributed by atoms with E-state index in [0.717, 1.165) is 50.8 Å². The van der Waals surface area contributed by atoms with Crippen molar-refractivity contribution in [2.45, 2.75) is 38.1 Å². The van der Waals surface area contributed by atoms with Crippen molar-refractivity contribution in [1.82, 2.24) is 5.32 Å². The molecule has 0 radical (unpaired) electrons. The van der Waals surface area contributed by atoms with E-state index in [0.29, 0.717) is 5.92 Å². The summed E-state index contributed by atoms with van der Waals surface area (Å²) in [6.07, 6.45) is 6.99. The minimum Gasteiger partial charge on any atom is -0.381 e. The van der Waals surface area contributed by atoms with Gasteiger partial charge in [-0.05, 0) is 43.9 Å². The van der Waals surface area contributed by atoms with E-state index in [1.165, 1.54) is 32.1 Å². The lowest BCUT2D eigenvalue weighted by Gasteiger charge is -2.18. The average Bonchev–Trinajstić information content (AvgIpc) is 3.25. The number of rotatable bonds is 8. The maximum absolute atomic E-state index is 5.73. The second kappa shape index (κ2) is 5.68. The van der Waals surface area contributed by atoms with Crippen molar-refractivity contribution < 1.29 is 9.47 Å². The third-order valence-corrected chi connectivity index (χ3v) is 4.26. The van der Waals surface area contributed by atoms with E-state index < -0.39 is 0 Å². The van der Waals surface area contributed by atoms with E-state index in [-0.39, 0.29) is 0 Å². The summed E-state index contributed by atoms with van der Waals surface area (Å²) in [6, 6.07) is 0.813. The predicted molar refractivity (Wildman–Crippen MR) is 67.0 cm³/mol. The van der Waals surface area contributed by atoms with Gasteiger partial charge in [-0.25, -0.2) is 0 Å². The van der Waals surface area contributed by atoms with E-state index >= 15 is 0 Å². The quantitative estimate of drug-likeness (QED) is 0.655. The molecule has 2 aliphatic carbocycles. The van der Waals surface area contributed by atoms with Gasteiger partial charge in [0, 0.05) is 25.1 Å². The monoisotopic (exact) mass is 239 g/mol. The van der Waals surface area contributed by atoms with Gasteiger partial charge < -0.3 is 14.8 Å². The molecule has 1 N–H and O–H groups in total. The molecule has 1 saturated heterocycles. The molecule has 3 rings (SSSR count). The molecule has 1 atom stereocenters. The molecular formula is C14H25NO2. The normalized spacial score (nSPS) is 29.1. The molecule has 3 fully saturated rings. The first-order valence-corrected chi connectivity index (χ1v) is 7.32. The molecule has 0 aromatic carbocycles. The van der Waals surface area contributed by atoms with Crippen molar-refractivity contribution in [1.29, 1.82) is 0 Å². The highest BCUT2D eigenvalue weighted by Crippen LogP contribution is 2.44. The van der Waals surface area contributed by atoms with E-state index in [9.17, 15) is 0 Å². The molecule has 1 unspecified atom stereocenters. The lowest BCUT2D eigenvalue weighted by Crippen LogP contribution is -2.35. The van der Waals surface area contributed by atoms with Crippen molar-refractivity contribution in [3.63, 3.8) is 0 Å². The molecule has 0 amide bonds. The zero-order chi connectivity index (χ0) is 11.5. The molecule has 3 heteroatoms. The van der Waals surface area contributed by atoms with Gasteiger partial charge in [-0.15, -0.1) is 0 Å². The molecule has 3 nitrogen and oxygen atoms in total. The highest BCUT2D eigenvalue weighted by Gasteiger charge is 2.40. The molecule has 3 aliphatic rings. The van der Waals surface area contributed by atoms with Crippen LogP contribution in [0, 0.1) is 17.8 Å². The van der Waals surface area contributed by atoms with Crippen LogP contribution in [0.1, 0.15) is 32.1 Å². The van der Waals surface area contributed by atoms with Crippen LogP contribution < -0.4 is 5.32 Å². The summed E-state index contributed by atoms with van der Waals surface area (Å²) in [5, 5.41) is 3.71. The third-order valence-electron chi connectivity index (χ3n) is 4.26. The second-order valence-electron chi connectivity index (χ2n) is 5.96. The Morgan fingerprint density at radius 2 is 1.88 bits per heavy atom. The smallest absolute Gasteiger partial charge is 0.0591 e. The highest BCUT2D eigenvalue weighted by atomic mass is 16.5. The Morgan fingerprint density at radius 3 is 2.47 bits per heavy atom. The number of ether oxygens (including phenoxy) is 2. The Kier molecular flexibility index (Phi) is 3.99. The second-order valence-corrected chi connectivity index (χ2v) is 5.96. The van der Waals surface area contributed by atoms with Crippen LogP contribution in [0.5, 0.6) is 0 Å². The van der Waals surface area contributed by atoms with Crippen LogP contribution in [0.2, 0.25) is 0 Å². The number of nitrogens with one attached hydrogen (secondary N) is 1. The summed E-state index contributed by atoms with van der Waals surface area (Å²) in [4.78, 5) is 0. The Morgan fingerprint density at radius 1 is 1.12 bits per heavy atom. The van der Waals surface area contributed by atoms with E-state index in [1.54, 1.807) is 0 Å². The molecule has 0 aromatic heterocycles. The Hall–Kier alpha value is -0.120. The highest BCUT2D eigenvalue weighted by molar-refractivity contribution is 4.96. The van der Waals surface area contributed by atoms with Crippen molar-refractivity contribution in [2.75, 3.05) is 33.0 Å². The van der Waals surface area contributed by atoms with Crippen molar-refractivity contribution in [2.24, 2.45) is 17.8 Å². The van der Waals surface area contributed by atoms with Gasteiger partial charge in [0.25, 0.3) is 0 Å². The molecular weight excluding hydrogens is 214 g/mol. The van der Waals surface area contributed by atoms with E-state index in [2.05, 4.69) is 5.32 Å². The van der Waals surface area contributed by atoms with Gasteiger partial charge in [-0.3, -0.25) is 0 Å². The Balaban J connectivity index is 1.24. The fourth-order valence-electron chi connectivity index (χ4n) is 2.89. The summed E-state index contributed by atoms with van der Waals surface area (Å²) in [6.45, 7) is 4.62. The predicted octanol–water partition coefficient (Wildman–Crippen LogP) is 1.82. The topological polar surface area (TPSA) is 30.5 Å². The van der Waals surface area contributed by atoms with Crippen LogP contribution in [-0.4, -0.2) is 39.0 Å². The van der Waals surface area contributed by atoms with Gasteiger partial charge in [-0.2, -0.15) is 0 Å². The molecule has 1 heterocycles. The third kappa shape index (κ3) is 3.67. The van der Waals surface area contributed by atoms with Gasteiger partial charge >= 0.3 is 0 Å². The lowest BCUT2D eigenvalue weighted by atomic mass is 10.1. The van der Waals surface area contributed by atoms with Crippen molar-refractivity contribution in [3.05, 3.63) is 0 Å². The van der Waals surface area contributed by atoms with Crippen LogP contribution >= 0.6 is 0 Å². The fourth-order valence-corrected chi connectivity index (χ4v) is 2.89. The molecule has 17 heavy (non-hydrogen) atoms. The SMILES string of the molecule is C(COCC1CCOC1)NC(C1CC1)C1CC1. The van der Waals surface area contributed by atoms with Crippen molar-refractivity contribution >= 4 is 0 Å². The summed E-state index contributed by atoms with van der Waals surface area (Å²) in [5.41, 5.74) is 0. The minimum atomic E-state index is 0.651. The standard InChI is InChI=1S/C14H25NO2/c1-2-12(1)14(13-3-4-13)15-6-8-17-10-11-5-7-16-9-11/h11-15H,1-10H2. The zero-order valence-electron chi connectivity index (χ0n) is 10.7. The molecule has 0 spiro atoms. The van der Waals surface area contributed by atoms with Crippen LogP contribution in [0.4, 0.5) is 0 Å². The van der Waals surface area contributed by atoms with E-state index in [4.69, 9.17) is 9.47 Å². The maximum atomic E-state index is 5.73. The van der Waals surface area contributed by atoms with Gasteiger partial charge in [0.1, 0.15) is 0 Å². The summed E-state index contributed by atoms with van der Waals surface area (Å²) in [7, 11) is 0. The van der Waals surface area contributed by atoms with Gasteiger partial charge in [0.2, 0.25) is 0 Å². The van der Waals surface area contributed by atoms with Crippen LogP contribution in [0.15, 0.2) is 0 Å². The fraction of sp³-hybridized carbons (Fsp3) is 1.00. The largest absolute Gasteiger partial charge is 0.381 e. The number of hydrogen-bond donors (Lipinski definition) is 1. The molecule has 0 aromatic rings. The van der Waals surface area contributed by atoms with Crippen molar-refractivity contribution in [3.8, 4) is 0 Å². The lowest BCUT2D eigenvalue weighted by molar-refractivity contribution is 0.0892. The first kappa shape index (κ1) is 11.9. The van der Waals surface area contributed by atoms with Gasteiger partial charge in [0.05, 0.1) is 19.8 Å². The summed E-state index contributed by atoms with van der Waals surface area (Å²) in [5.74, 6) is 2.63. The van der Waals surface area contributed by atoms with Gasteiger partial charge in [-0.1, -0.05) is 0 Å².